The average molecular weight is 396 g/mol. The maximum Gasteiger partial charge on any atom is 0.200 e. The largest absolute Gasteiger partial charge is 0.485 e. The minimum Gasteiger partial charge on any atom is -0.485 e. The molecule has 0 spiro atoms. The highest BCUT2D eigenvalue weighted by Crippen LogP contribution is 2.55. The van der Waals surface area contributed by atoms with Crippen LogP contribution in [0.5, 0.6) is 5.75 Å². The van der Waals surface area contributed by atoms with Crippen molar-refractivity contribution in [1.82, 2.24) is 19.9 Å². The lowest BCUT2D eigenvalue weighted by Crippen LogP contribution is -2.17. The van der Waals surface area contributed by atoms with E-state index in [9.17, 15) is 8.78 Å². The summed E-state index contributed by atoms with van der Waals surface area (Å²) in [6, 6.07) is 4.59. The van der Waals surface area contributed by atoms with Crippen LogP contribution >= 0.6 is 0 Å². The van der Waals surface area contributed by atoms with Crippen molar-refractivity contribution >= 4 is 0 Å². The van der Waals surface area contributed by atoms with Crippen LogP contribution in [0.25, 0.3) is 11.6 Å². The molecule has 3 atom stereocenters. The fraction of sp³-hybridized carbons (Fsp3) is 0.333. The second-order valence-corrected chi connectivity index (χ2v) is 7.28. The summed E-state index contributed by atoms with van der Waals surface area (Å²) < 4.78 is 39.2. The van der Waals surface area contributed by atoms with E-state index in [1.807, 2.05) is 0 Å². The molecule has 1 saturated heterocycles. The van der Waals surface area contributed by atoms with Gasteiger partial charge >= 0.3 is 0 Å². The van der Waals surface area contributed by atoms with Crippen molar-refractivity contribution in [2.45, 2.75) is 30.8 Å². The van der Waals surface area contributed by atoms with E-state index in [0.29, 0.717) is 31.3 Å². The number of benzene rings is 1. The van der Waals surface area contributed by atoms with Gasteiger partial charge in [0, 0.05) is 31.2 Å². The van der Waals surface area contributed by atoms with Crippen LogP contribution in [-0.4, -0.2) is 39.3 Å². The Morgan fingerprint density at radius 3 is 2.38 bits per heavy atom. The summed E-state index contributed by atoms with van der Waals surface area (Å²) in [5, 5.41) is 0. The van der Waals surface area contributed by atoms with Crippen molar-refractivity contribution in [1.29, 1.82) is 0 Å². The maximum atomic E-state index is 14.2. The van der Waals surface area contributed by atoms with Crippen LogP contribution in [0.2, 0.25) is 0 Å². The number of hydrogen-bond acceptors (Lipinski definition) is 6. The molecule has 148 valence electrons. The van der Waals surface area contributed by atoms with E-state index in [0.717, 1.165) is 17.5 Å². The summed E-state index contributed by atoms with van der Waals surface area (Å²) in [6.07, 6.45) is 8.02. The summed E-state index contributed by atoms with van der Waals surface area (Å²) >= 11 is 0. The molecule has 2 fully saturated rings. The topological polar surface area (TPSA) is 70.0 Å². The van der Waals surface area contributed by atoms with Crippen molar-refractivity contribution in [2.75, 3.05) is 13.2 Å². The predicted octanol–water partition coefficient (Wildman–Crippen LogP) is 3.65. The lowest BCUT2D eigenvalue weighted by molar-refractivity contribution is 0.137. The van der Waals surface area contributed by atoms with Gasteiger partial charge in [-0.1, -0.05) is 0 Å². The first-order valence-electron chi connectivity index (χ1n) is 9.51. The molecule has 1 aliphatic heterocycles. The molecule has 5 rings (SSSR count). The minimum absolute atomic E-state index is 0.0472. The molecule has 0 amide bonds. The molecule has 3 aromatic rings. The van der Waals surface area contributed by atoms with E-state index in [1.54, 1.807) is 36.9 Å². The van der Waals surface area contributed by atoms with Crippen molar-refractivity contribution in [3.05, 3.63) is 65.7 Å². The summed E-state index contributed by atoms with van der Waals surface area (Å²) in [5.41, 5.74) is 1.67. The predicted molar refractivity (Wildman–Crippen MR) is 99.4 cm³/mol. The number of hydrogen-bond donors (Lipinski definition) is 0. The maximum absolute atomic E-state index is 14.2. The van der Waals surface area contributed by atoms with Crippen LogP contribution in [0, 0.1) is 11.6 Å². The zero-order chi connectivity index (χ0) is 19.8. The van der Waals surface area contributed by atoms with Gasteiger partial charge in [-0.05, 0) is 47.6 Å². The lowest BCUT2D eigenvalue weighted by Gasteiger charge is -2.14. The Bertz CT molecular complexity index is 1010. The third-order valence-electron chi connectivity index (χ3n) is 5.28. The second kappa shape index (κ2) is 7.44. The van der Waals surface area contributed by atoms with Gasteiger partial charge in [0.1, 0.15) is 6.10 Å². The lowest BCUT2D eigenvalue weighted by atomic mass is 10.1. The van der Waals surface area contributed by atoms with Gasteiger partial charge in [-0.25, -0.2) is 24.3 Å². The van der Waals surface area contributed by atoms with E-state index in [4.69, 9.17) is 9.47 Å². The first kappa shape index (κ1) is 18.1. The summed E-state index contributed by atoms with van der Waals surface area (Å²) in [7, 11) is 0. The van der Waals surface area contributed by atoms with Crippen LogP contribution in [0.4, 0.5) is 8.78 Å². The smallest absolute Gasteiger partial charge is 0.200 e. The van der Waals surface area contributed by atoms with Gasteiger partial charge in [0.05, 0.1) is 13.2 Å². The number of ether oxygens (including phenoxy) is 2. The molecule has 2 aliphatic rings. The fourth-order valence-corrected chi connectivity index (χ4v) is 3.66. The third kappa shape index (κ3) is 3.67. The Hall–Kier alpha value is -3.00. The zero-order valence-electron chi connectivity index (χ0n) is 15.5. The Balaban J connectivity index is 1.33. The normalized spacial score (nSPS) is 23.2. The zero-order valence-corrected chi connectivity index (χ0v) is 15.5. The number of nitrogens with zero attached hydrogens (tertiary/aromatic N) is 4. The van der Waals surface area contributed by atoms with Crippen molar-refractivity contribution < 1.29 is 18.3 Å². The molecular formula is C21H18F2N4O2. The minimum atomic E-state index is -0.951. The molecular weight excluding hydrogens is 378 g/mol. The van der Waals surface area contributed by atoms with Crippen molar-refractivity contribution in [2.24, 2.45) is 0 Å². The molecule has 0 radical (unpaired) electrons. The van der Waals surface area contributed by atoms with E-state index >= 15 is 0 Å². The standard InChI is InChI=1S/C21H18F2N4O2/c22-17-6-12(7-18(19(17)23)29-14-2-5-28-11-14)15-8-16(15)13-9-26-21(27-10-13)20-24-3-1-4-25-20/h1,3-4,6-7,9-10,14-16H,2,5,8,11H2/t14-,15+,16+/m1/s1. The quantitative estimate of drug-likeness (QED) is 0.656. The number of halogens is 2. The van der Waals surface area contributed by atoms with Crippen LogP contribution in [0.3, 0.4) is 0 Å². The van der Waals surface area contributed by atoms with Gasteiger partial charge in [-0.3, -0.25) is 0 Å². The highest BCUT2D eigenvalue weighted by molar-refractivity contribution is 5.44. The summed E-state index contributed by atoms with van der Waals surface area (Å²) in [5.74, 6) is -0.737. The molecule has 0 unspecified atom stereocenters. The molecule has 6 nitrogen and oxygen atoms in total. The van der Waals surface area contributed by atoms with Crippen molar-refractivity contribution in [3.8, 4) is 17.4 Å². The molecule has 1 aliphatic carbocycles. The number of aromatic nitrogens is 4. The second-order valence-electron chi connectivity index (χ2n) is 7.28. The van der Waals surface area contributed by atoms with Gasteiger partial charge in [-0.2, -0.15) is 4.39 Å². The van der Waals surface area contributed by atoms with Crippen LogP contribution in [0.15, 0.2) is 43.0 Å². The Labute approximate surface area is 166 Å². The van der Waals surface area contributed by atoms with Crippen molar-refractivity contribution in [3.63, 3.8) is 0 Å². The number of rotatable bonds is 5. The van der Waals surface area contributed by atoms with E-state index in [1.165, 1.54) is 6.07 Å². The first-order valence-corrected chi connectivity index (χ1v) is 9.51. The van der Waals surface area contributed by atoms with E-state index in [-0.39, 0.29) is 23.7 Å². The molecule has 0 bridgehead atoms. The molecule has 8 heteroatoms. The Kier molecular flexibility index (Phi) is 4.63. The molecule has 3 heterocycles. The molecule has 0 N–H and O–H groups in total. The monoisotopic (exact) mass is 396 g/mol. The molecule has 2 aromatic heterocycles. The fourth-order valence-electron chi connectivity index (χ4n) is 3.66. The Morgan fingerprint density at radius 2 is 1.66 bits per heavy atom. The van der Waals surface area contributed by atoms with E-state index < -0.39 is 11.6 Å². The van der Waals surface area contributed by atoms with E-state index in [2.05, 4.69) is 19.9 Å². The van der Waals surface area contributed by atoms with Gasteiger partial charge in [0.15, 0.2) is 23.2 Å². The summed E-state index contributed by atoms with van der Waals surface area (Å²) in [6.45, 7) is 0.968. The highest BCUT2D eigenvalue weighted by Gasteiger charge is 2.41. The van der Waals surface area contributed by atoms with Crippen LogP contribution in [0.1, 0.15) is 35.8 Å². The molecule has 29 heavy (non-hydrogen) atoms. The third-order valence-corrected chi connectivity index (χ3v) is 5.28. The van der Waals surface area contributed by atoms with Gasteiger partial charge in [-0.15, -0.1) is 0 Å². The van der Waals surface area contributed by atoms with Crippen LogP contribution in [-0.2, 0) is 4.74 Å². The van der Waals surface area contributed by atoms with Gasteiger partial charge < -0.3 is 9.47 Å². The highest BCUT2D eigenvalue weighted by atomic mass is 19.2. The SMILES string of the molecule is Fc1cc([C@@H]2C[C@H]2c2cnc(-c3ncccn3)nc2)cc(O[C@@H]2CCOC2)c1F. The van der Waals surface area contributed by atoms with Crippen LogP contribution < -0.4 is 4.74 Å². The Morgan fingerprint density at radius 1 is 0.931 bits per heavy atom. The van der Waals surface area contributed by atoms with Gasteiger partial charge in [0.25, 0.3) is 0 Å². The average Bonchev–Trinajstić information content (AvgIpc) is 3.40. The molecule has 1 aromatic carbocycles. The first-order chi connectivity index (χ1) is 14.2. The summed E-state index contributed by atoms with van der Waals surface area (Å²) in [4.78, 5) is 17.0. The van der Waals surface area contributed by atoms with Gasteiger partial charge in [0.2, 0.25) is 5.82 Å². The molecule has 1 saturated carbocycles.